The quantitative estimate of drug-likeness (QED) is 0.770. The maximum absolute atomic E-state index is 10.7. The van der Waals surface area contributed by atoms with Crippen LogP contribution in [0.4, 0.5) is 0 Å². The van der Waals surface area contributed by atoms with E-state index in [2.05, 4.69) is 15.9 Å². The van der Waals surface area contributed by atoms with E-state index in [1.807, 2.05) is 0 Å². The summed E-state index contributed by atoms with van der Waals surface area (Å²) in [5.41, 5.74) is 0.593. The minimum Gasteiger partial charge on any atom is -0.446 e. The molecule has 0 amide bonds. The molecule has 0 saturated heterocycles. The molecule has 0 radical (unpaired) electrons. The molecule has 1 heterocycles. The van der Waals surface area contributed by atoms with Crippen LogP contribution in [0.1, 0.15) is 23.0 Å². The molecule has 0 aliphatic rings. The van der Waals surface area contributed by atoms with E-state index >= 15 is 0 Å². The van der Waals surface area contributed by atoms with Gasteiger partial charge in [-0.05, 0) is 22.0 Å². The summed E-state index contributed by atoms with van der Waals surface area (Å²) < 4.78 is 5.40. The van der Waals surface area contributed by atoms with Crippen LogP contribution in [0.5, 0.6) is 0 Å². The van der Waals surface area contributed by atoms with Gasteiger partial charge in [-0.25, -0.2) is 0 Å². The number of rotatable bonds is 2. The van der Waals surface area contributed by atoms with Crippen LogP contribution in [0.15, 0.2) is 15.2 Å². The highest BCUT2D eigenvalue weighted by molar-refractivity contribution is 9.10. The third-order valence-electron chi connectivity index (χ3n) is 1.27. The Bertz CT molecular complexity index is 277. The van der Waals surface area contributed by atoms with Crippen molar-refractivity contribution in [1.29, 1.82) is 0 Å². The second kappa shape index (κ2) is 3.19. The molecule has 0 atom stereocenters. The summed E-state index contributed by atoms with van der Waals surface area (Å²) in [5.74, 6) is 0.117. The van der Waals surface area contributed by atoms with Gasteiger partial charge in [-0.2, -0.15) is 0 Å². The summed E-state index contributed by atoms with van der Waals surface area (Å²) in [6.45, 7) is 1.28. The summed E-state index contributed by atoms with van der Waals surface area (Å²) in [7, 11) is 0. The average Bonchev–Trinajstić information content (AvgIpc) is 2.31. The minimum atomic E-state index is -0.148. The molecule has 0 bridgehead atoms. The third kappa shape index (κ3) is 1.70. The number of carbonyl (C=O) groups is 1. The molecule has 0 aliphatic heterocycles. The highest BCUT2D eigenvalue weighted by atomic mass is 79.9. The van der Waals surface area contributed by atoms with Crippen LogP contribution in [-0.4, -0.2) is 10.9 Å². The summed E-state index contributed by atoms with van der Waals surface area (Å²) in [6.07, 6.45) is 0. The van der Waals surface area contributed by atoms with E-state index in [4.69, 9.17) is 9.52 Å². The number of aliphatic hydroxyl groups excluding tert-OH is 1. The number of Topliss-reactive ketones (excluding diaryl/α,β-unsaturated/α-hetero) is 1. The molecule has 0 unspecified atom stereocenters. The van der Waals surface area contributed by atoms with E-state index in [0.29, 0.717) is 10.2 Å². The fourth-order valence-electron chi connectivity index (χ4n) is 0.688. The Hall–Kier alpha value is -0.610. The lowest BCUT2D eigenvalue weighted by molar-refractivity contribution is 0.0986. The predicted octanol–water partition coefficient (Wildman–Crippen LogP) is 1.74. The van der Waals surface area contributed by atoms with Gasteiger partial charge in [0, 0.05) is 12.5 Å². The zero-order chi connectivity index (χ0) is 8.43. The van der Waals surface area contributed by atoms with E-state index < -0.39 is 0 Å². The lowest BCUT2D eigenvalue weighted by Gasteiger charge is -1.84. The maximum atomic E-state index is 10.7. The summed E-state index contributed by atoms with van der Waals surface area (Å²) in [5, 5.41) is 8.71. The van der Waals surface area contributed by atoms with Crippen molar-refractivity contribution in [2.24, 2.45) is 0 Å². The molecule has 11 heavy (non-hydrogen) atoms. The van der Waals surface area contributed by atoms with Gasteiger partial charge in [-0.1, -0.05) is 0 Å². The smallest absolute Gasteiger partial charge is 0.194 e. The van der Waals surface area contributed by atoms with Crippen molar-refractivity contribution >= 4 is 21.7 Å². The van der Waals surface area contributed by atoms with E-state index in [-0.39, 0.29) is 18.2 Å². The lowest BCUT2D eigenvalue weighted by atomic mass is 10.3. The molecule has 3 nitrogen and oxygen atoms in total. The van der Waals surface area contributed by atoms with Crippen molar-refractivity contribution in [2.75, 3.05) is 0 Å². The topological polar surface area (TPSA) is 50.4 Å². The summed E-state index contributed by atoms with van der Waals surface area (Å²) in [6, 6.07) is 1.52. The molecule has 1 aromatic heterocycles. The van der Waals surface area contributed by atoms with Gasteiger partial charge in [0.05, 0.1) is 6.61 Å². The summed E-state index contributed by atoms with van der Waals surface area (Å²) in [4.78, 5) is 10.7. The molecule has 4 heteroatoms. The van der Waals surface area contributed by atoms with Crippen molar-refractivity contribution in [2.45, 2.75) is 13.5 Å². The number of hydrogen-bond acceptors (Lipinski definition) is 3. The normalized spacial score (nSPS) is 10.1. The first-order valence-corrected chi connectivity index (χ1v) is 3.84. The van der Waals surface area contributed by atoms with Crippen LogP contribution >= 0.6 is 15.9 Å². The Morgan fingerprint density at radius 3 is 2.73 bits per heavy atom. The van der Waals surface area contributed by atoms with Crippen LogP contribution in [0.25, 0.3) is 0 Å². The first-order chi connectivity index (χ1) is 5.15. The molecule has 0 saturated carbocycles. The number of halogens is 1. The molecule has 0 fully saturated rings. The van der Waals surface area contributed by atoms with Gasteiger partial charge in [0.15, 0.2) is 16.2 Å². The Morgan fingerprint density at radius 1 is 1.82 bits per heavy atom. The Morgan fingerprint density at radius 2 is 2.45 bits per heavy atom. The van der Waals surface area contributed by atoms with Crippen LogP contribution in [0.3, 0.4) is 0 Å². The first kappa shape index (κ1) is 8.49. The number of hydrogen-bond donors (Lipinski definition) is 1. The lowest BCUT2D eigenvalue weighted by Crippen LogP contribution is -1.86. The zero-order valence-corrected chi connectivity index (χ0v) is 7.51. The van der Waals surface area contributed by atoms with E-state index in [0.717, 1.165) is 0 Å². The standard InChI is InChI=1S/C7H7BrO3/c1-4(10)6-2-5(3-9)7(8)11-6/h2,9H,3H2,1H3. The van der Waals surface area contributed by atoms with Gasteiger partial charge in [0.25, 0.3) is 0 Å². The summed E-state index contributed by atoms with van der Waals surface area (Å²) >= 11 is 3.07. The molecule has 0 spiro atoms. The molecular formula is C7H7BrO3. The second-order valence-electron chi connectivity index (χ2n) is 2.12. The zero-order valence-electron chi connectivity index (χ0n) is 5.93. The van der Waals surface area contributed by atoms with Crippen LogP contribution in [-0.2, 0) is 6.61 Å². The molecule has 60 valence electrons. The third-order valence-corrected chi connectivity index (χ3v) is 1.95. The Balaban J connectivity index is 3.05. The Kier molecular flexibility index (Phi) is 2.46. The largest absolute Gasteiger partial charge is 0.446 e. The van der Waals surface area contributed by atoms with Gasteiger partial charge in [-0.3, -0.25) is 4.79 Å². The number of aliphatic hydroxyl groups is 1. The van der Waals surface area contributed by atoms with Gasteiger partial charge in [0.1, 0.15) is 0 Å². The molecule has 1 aromatic rings. The van der Waals surface area contributed by atoms with E-state index in [1.54, 1.807) is 0 Å². The predicted molar refractivity (Wildman–Crippen MR) is 42.3 cm³/mol. The van der Waals surface area contributed by atoms with E-state index in [9.17, 15) is 4.79 Å². The molecule has 1 rings (SSSR count). The Labute approximate surface area is 72.1 Å². The van der Waals surface area contributed by atoms with Crippen LogP contribution in [0.2, 0.25) is 0 Å². The van der Waals surface area contributed by atoms with Gasteiger partial charge < -0.3 is 9.52 Å². The van der Waals surface area contributed by atoms with Crippen molar-refractivity contribution < 1.29 is 14.3 Å². The fraction of sp³-hybridized carbons (Fsp3) is 0.286. The molecule has 1 N–H and O–H groups in total. The number of furan rings is 1. The molecular weight excluding hydrogens is 212 g/mol. The van der Waals surface area contributed by atoms with Crippen LogP contribution < -0.4 is 0 Å². The SMILES string of the molecule is CC(=O)c1cc(CO)c(Br)o1. The fourth-order valence-corrected chi connectivity index (χ4v) is 1.10. The monoisotopic (exact) mass is 218 g/mol. The number of carbonyl (C=O) groups excluding carboxylic acids is 1. The number of ketones is 1. The highest BCUT2D eigenvalue weighted by Crippen LogP contribution is 2.21. The highest BCUT2D eigenvalue weighted by Gasteiger charge is 2.10. The molecule has 0 aliphatic carbocycles. The maximum Gasteiger partial charge on any atom is 0.194 e. The average molecular weight is 219 g/mol. The van der Waals surface area contributed by atoms with Crippen LogP contribution in [0, 0.1) is 0 Å². The van der Waals surface area contributed by atoms with Crippen molar-refractivity contribution in [3.05, 3.63) is 22.1 Å². The van der Waals surface area contributed by atoms with Crippen molar-refractivity contribution in [3.8, 4) is 0 Å². The van der Waals surface area contributed by atoms with E-state index in [1.165, 1.54) is 13.0 Å². The minimum absolute atomic E-state index is 0.128. The second-order valence-corrected chi connectivity index (χ2v) is 2.84. The van der Waals surface area contributed by atoms with Gasteiger partial charge in [0.2, 0.25) is 0 Å². The molecule has 0 aromatic carbocycles. The first-order valence-electron chi connectivity index (χ1n) is 3.05. The van der Waals surface area contributed by atoms with Gasteiger partial charge >= 0.3 is 0 Å². The van der Waals surface area contributed by atoms with Crippen molar-refractivity contribution in [3.63, 3.8) is 0 Å². The van der Waals surface area contributed by atoms with Crippen molar-refractivity contribution in [1.82, 2.24) is 0 Å². The van der Waals surface area contributed by atoms with Gasteiger partial charge in [-0.15, -0.1) is 0 Å².